The number of aromatic nitrogens is 2. The zero-order chi connectivity index (χ0) is 15.1. The maximum absolute atomic E-state index is 12.2. The molecule has 8 nitrogen and oxygen atoms in total. The van der Waals surface area contributed by atoms with Gasteiger partial charge in [0.05, 0.1) is 19.3 Å². The molecule has 0 amide bonds. The number of sulfonamides is 1. The Hall–Kier alpha value is -1.45. The summed E-state index contributed by atoms with van der Waals surface area (Å²) in [4.78, 5) is 15.2. The lowest BCUT2D eigenvalue weighted by Crippen LogP contribution is -2.49. The molecule has 2 unspecified atom stereocenters. The smallest absolute Gasteiger partial charge is 0.313 e. The monoisotopic (exact) mass is 303 g/mol. The quantitative estimate of drug-likeness (QED) is 0.775. The van der Waals surface area contributed by atoms with Crippen molar-refractivity contribution >= 4 is 16.0 Å². The highest BCUT2D eigenvalue weighted by Crippen LogP contribution is 2.29. The zero-order valence-corrected chi connectivity index (χ0v) is 12.3. The summed E-state index contributed by atoms with van der Waals surface area (Å²) in [6.07, 6.45) is 1.38. The Labute approximate surface area is 116 Å². The van der Waals surface area contributed by atoms with Gasteiger partial charge in [0.25, 0.3) is 10.0 Å². The van der Waals surface area contributed by atoms with Crippen molar-refractivity contribution in [1.82, 2.24) is 14.3 Å². The van der Waals surface area contributed by atoms with E-state index in [1.165, 1.54) is 13.1 Å². The largest absolute Gasteiger partial charge is 0.481 e. The summed E-state index contributed by atoms with van der Waals surface area (Å²) in [5.41, 5.74) is -1.28. The Kier molecular flexibility index (Phi) is 3.61. The van der Waals surface area contributed by atoms with Crippen LogP contribution in [0.15, 0.2) is 11.2 Å². The van der Waals surface area contributed by atoms with Crippen LogP contribution in [0.25, 0.3) is 0 Å². The van der Waals surface area contributed by atoms with Crippen LogP contribution < -0.4 is 4.72 Å². The van der Waals surface area contributed by atoms with E-state index in [9.17, 15) is 18.3 Å². The maximum Gasteiger partial charge on any atom is 0.313 e. The Morgan fingerprint density at radius 1 is 1.65 bits per heavy atom. The van der Waals surface area contributed by atoms with Gasteiger partial charge in [-0.2, -0.15) is 0 Å². The molecule has 9 heteroatoms. The molecule has 112 valence electrons. The Bertz CT molecular complexity index is 619. The van der Waals surface area contributed by atoms with Crippen molar-refractivity contribution in [3.63, 3.8) is 0 Å². The Morgan fingerprint density at radius 3 is 2.80 bits per heavy atom. The van der Waals surface area contributed by atoms with Crippen LogP contribution in [0, 0.1) is 12.3 Å². The highest BCUT2D eigenvalue weighted by atomic mass is 32.2. The molecular weight excluding hydrogens is 286 g/mol. The number of ether oxygens (including phenoxy) is 1. The second kappa shape index (κ2) is 4.83. The minimum Gasteiger partial charge on any atom is -0.481 e. The van der Waals surface area contributed by atoms with Crippen molar-refractivity contribution in [3.8, 4) is 0 Å². The maximum atomic E-state index is 12.2. The number of aliphatic carboxylic acids is 1. The van der Waals surface area contributed by atoms with E-state index in [1.807, 2.05) is 0 Å². The molecule has 1 aliphatic rings. The molecule has 0 aromatic carbocycles. The summed E-state index contributed by atoms with van der Waals surface area (Å²) in [6, 6.07) is -0.827. The van der Waals surface area contributed by atoms with Gasteiger partial charge in [0.2, 0.25) is 0 Å². The lowest BCUT2D eigenvalue weighted by Gasteiger charge is -2.24. The van der Waals surface area contributed by atoms with Crippen LogP contribution in [0.3, 0.4) is 0 Å². The van der Waals surface area contributed by atoms with Crippen LogP contribution in [0.1, 0.15) is 12.7 Å². The van der Waals surface area contributed by atoms with E-state index < -0.39 is 27.4 Å². The van der Waals surface area contributed by atoms with Crippen LogP contribution >= 0.6 is 0 Å². The molecule has 0 radical (unpaired) electrons. The summed E-state index contributed by atoms with van der Waals surface area (Å²) in [5.74, 6) is -0.547. The number of hydrogen-bond donors (Lipinski definition) is 2. The molecule has 2 N–H and O–H groups in total. The molecular formula is C11H17N3O5S. The van der Waals surface area contributed by atoms with Crippen LogP contribution in [0.4, 0.5) is 0 Å². The molecule has 1 aliphatic heterocycles. The molecule has 0 spiro atoms. The minimum absolute atomic E-state index is 0.0217. The number of imidazole rings is 1. The van der Waals surface area contributed by atoms with Gasteiger partial charge in [0.15, 0.2) is 5.03 Å². The molecule has 2 rings (SSSR count). The summed E-state index contributed by atoms with van der Waals surface area (Å²) in [5, 5.41) is 9.10. The average Bonchev–Trinajstić information content (AvgIpc) is 2.86. The normalized spacial score (nSPS) is 26.9. The van der Waals surface area contributed by atoms with Gasteiger partial charge in [-0.05, 0) is 13.8 Å². The Morgan fingerprint density at radius 2 is 2.30 bits per heavy atom. The minimum atomic E-state index is -3.88. The summed E-state index contributed by atoms with van der Waals surface area (Å²) in [7, 11) is -2.19. The van der Waals surface area contributed by atoms with E-state index in [1.54, 1.807) is 18.5 Å². The number of carboxylic acids is 1. The van der Waals surface area contributed by atoms with E-state index in [0.717, 1.165) is 0 Å². The number of nitrogens with one attached hydrogen (secondary N) is 1. The number of rotatable bonds is 4. The van der Waals surface area contributed by atoms with Crippen molar-refractivity contribution in [2.45, 2.75) is 24.9 Å². The molecule has 1 aromatic rings. The van der Waals surface area contributed by atoms with Crippen LogP contribution in [-0.2, 0) is 26.6 Å². The molecule has 0 saturated carbocycles. The Balaban J connectivity index is 2.27. The fraction of sp³-hybridized carbons (Fsp3) is 0.636. The van der Waals surface area contributed by atoms with Crippen molar-refractivity contribution in [2.24, 2.45) is 12.5 Å². The van der Waals surface area contributed by atoms with Gasteiger partial charge >= 0.3 is 5.97 Å². The number of aryl methyl sites for hydroxylation is 2. The first-order valence-corrected chi connectivity index (χ1v) is 7.48. The van der Waals surface area contributed by atoms with Gasteiger partial charge in [-0.1, -0.05) is 0 Å². The van der Waals surface area contributed by atoms with E-state index in [2.05, 4.69) is 9.71 Å². The molecule has 0 aliphatic carbocycles. The molecule has 1 aromatic heterocycles. The number of nitrogens with zero attached hydrogens (tertiary/aromatic N) is 2. The van der Waals surface area contributed by atoms with E-state index in [4.69, 9.17) is 4.74 Å². The summed E-state index contributed by atoms with van der Waals surface area (Å²) < 4.78 is 33.5. The predicted octanol–water partition coefficient (Wildman–Crippen LogP) is -0.503. The number of hydrogen-bond acceptors (Lipinski definition) is 5. The van der Waals surface area contributed by atoms with Crippen molar-refractivity contribution in [3.05, 3.63) is 12.0 Å². The van der Waals surface area contributed by atoms with Gasteiger partial charge in [-0.15, -0.1) is 0 Å². The zero-order valence-electron chi connectivity index (χ0n) is 11.5. The van der Waals surface area contributed by atoms with Gasteiger partial charge in [0, 0.05) is 13.2 Å². The van der Waals surface area contributed by atoms with Gasteiger partial charge in [-0.3, -0.25) is 4.79 Å². The third kappa shape index (κ3) is 2.43. The first-order valence-electron chi connectivity index (χ1n) is 6.00. The second-order valence-corrected chi connectivity index (χ2v) is 6.81. The van der Waals surface area contributed by atoms with Crippen molar-refractivity contribution in [1.29, 1.82) is 0 Å². The van der Waals surface area contributed by atoms with Gasteiger partial charge < -0.3 is 14.4 Å². The molecule has 0 bridgehead atoms. The molecule has 2 atom stereocenters. The third-order valence-electron chi connectivity index (χ3n) is 3.60. The van der Waals surface area contributed by atoms with E-state index >= 15 is 0 Å². The van der Waals surface area contributed by atoms with Crippen LogP contribution in [0.5, 0.6) is 0 Å². The fourth-order valence-corrected chi connectivity index (χ4v) is 3.32. The second-order valence-electron chi connectivity index (χ2n) is 5.15. The third-order valence-corrected chi connectivity index (χ3v) is 4.95. The van der Waals surface area contributed by atoms with E-state index in [0.29, 0.717) is 5.82 Å². The van der Waals surface area contributed by atoms with Crippen molar-refractivity contribution in [2.75, 3.05) is 13.2 Å². The first kappa shape index (κ1) is 14.9. The van der Waals surface area contributed by atoms with E-state index in [-0.39, 0.29) is 18.2 Å². The standard InChI is InChI=1S/C11H17N3O5S/c1-7-12-9(4-14(7)3)20(17,18)13-8-5-19-6-11(8,2)10(15)16/h4,8,13H,5-6H2,1-3H3,(H,15,16). The lowest BCUT2D eigenvalue weighted by molar-refractivity contribution is -0.148. The molecule has 1 saturated heterocycles. The highest BCUT2D eigenvalue weighted by Gasteiger charge is 2.48. The fourth-order valence-electron chi connectivity index (χ4n) is 1.95. The topological polar surface area (TPSA) is 111 Å². The molecule has 2 heterocycles. The molecule has 20 heavy (non-hydrogen) atoms. The van der Waals surface area contributed by atoms with Crippen molar-refractivity contribution < 1.29 is 23.1 Å². The summed E-state index contributed by atoms with van der Waals surface area (Å²) in [6.45, 7) is 3.13. The van der Waals surface area contributed by atoms with Gasteiger partial charge in [0.1, 0.15) is 11.2 Å². The number of carbonyl (C=O) groups is 1. The highest BCUT2D eigenvalue weighted by molar-refractivity contribution is 7.89. The first-order chi connectivity index (χ1) is 9.17. The molecule has 1 fully saturated rings. The predicted molar refractivity (Wildman–Crippen MR) is 68.6 cm³/mol. The number of carboxylic acid groups (broad SMARTS) is 1. The van der Waals surface area contributed by atoms with Gasteiger partial charge in [-0.25, -0.2) is 18.1 Å². The van der Waals surface area contributed by atoms with Crippen LogP contribution in [0.2, 0.25) is 0 Å². The van der Waals surface area contributed by atoms with Crippen LogP contribution in [-0.4, -0.2) is 48.3 Å². The summed E-state index contributed by atoms with van der Waals surface area (Å²) >= 11 is 0. The lowest BCUT2D eigenvalue weighted by atomic mass is 9.86. The SMILES string of the molecule is Cc1nc(S(=O)(=O)NC2COCC2(C)C(=O)O)cn1C. The average molecular weight is 303 g/mol.